The molecule has 0 bridgehead atoms. The number of amides is 1. The van der Waals surface area contributed by atoms with Crippen LogP contribution in [0.2, 0.25) is 0 Å². The first-order valence-electron chi connectivity index (χ1n) is 8.48. The van der Waals surface area contributed by atoms with Crippen LogP contribution in [0.15, 0.2) is 29.1 Å². The molecule has 0 saturated carbocycles. The van der Waals surface area contributed by atoms with Crippen LogP contribution in [0.4, 0.5) is 0 Å². The summed E-state index contributed by atoms with van der Waals surface area (Å²) < 4.78 is 16.8. The Morgan fingerprint density at radius 1 is 1.27 bits per heavy atom. The molecule has 26 heavy (non-hydrogen) atoms. The van der Waals surface area contributed by atoms with E-state index in [1.54, 1.807) is 30.0 Å². The van der Waals surface area contributed by atoms with Crippen molar-refractivity contribution < 1.29 is 19.0 Å². The minimum atomic E-state index is -0.433. The molecule has 1 N–H and O–H groups in total. The molecule has 0 radical (unpaired) electrons. The lowest BCUT2D eigenvalue weighted by Crippen LogP contribution is -2.44. The van der Waals surface area contributed by atoms with Crippen LogP contribution < -0.4 is 15.0 Å². The Morgan fingerprint density at radius 3 is 2.96 bits per heavy atom. The van der Waals surface area contributed by atoms with Crippen LogP contribution in [-0.4, -0.2) is 53.7 Å². The zero-order valence-electron chi connectivity index (χ0n) is 14.4. The fraction of sp³-hybridized carbons (Fsp3) is 0.389. The van der Waals surface area contributed by atoms with Gasteiger partial charge >= 0.3 is 0 Å². The third-order valence-corrected chi connectivity index (χ3v) is 4.41. The van der Waals surface area contributed by atoms with Crippen molar-refractivity contribution in [2.24, 2.45) is 0 Å². The van der Waals surface area contributed by atoms with Gasteiger partial charge in [0.1, 0.15) is 19.0 Å². The molecular formula is C18H19N3O5. The maximum absolute atomic E-state index is 13.2. The molecule has 2 aromatic rings. The molecule has 1 saturated heterocycles. The molecule has 8 nitrogen and oxygen atoms in total. The number of ether oxygens (including phenoxy) is 3. The van der Waals surface area contributed by atoms with Crippen LogP contribution >= 0.6 is 0 Å². The second-order valence-corrected chi connectivity index (χ2v) is 6.17. The van der Waals surface area contributed by atoms with Crippen LogP contribution in [-0.2, 0) is 4.74 Å². The van der Waals surface area contributed by atoms with E-state index in [1.807, 2.05) is 0 Å². The number of hydrogen-bond acceptors (Lipinski definition) is 6. The Balaban J connectivity index is 1.71. The number of fused-ring (bicyclic) bond motifs is 1. The molecule has 0 aliphatic carbocycles. The Morgan fingerprint density at radius 2 is 2.12 bits per heavy atom. The van der Waals surface area contributed by atoms with Gasteiger partial charge in [-0.1, -0.05) is 6.07 Å². The number of aryl methyl sites for hydroxylation is 1. The first-order valence-corrected chi connectivity index (χ1v) is 8.48. The summed E-state index contributed by atoms with van der Waals surface area (Å²) in [5.41, 5.74) is 0.705. The van der Waals surface area contributed by atoms with Crippen molar-refractivity contribution in [3.8, 4) is 11.5 Å². The van der Waals surface area contributed by atoms with E-state index in [4.69, 9.17) is 14.2 Å². The molecule has 1 fully saturated rings. The highest BCUT2D eigenvalue weighted by molar-refractivity contribution is 5.98. The Labute approximate surface area is 149 Å². The minimum Gasteiger partial charge on any atom is -0.486 e. The number of aromatic amines is 1. The SMILES string of the molecule is Cc1nc([C@H]2COCCN2C(=O)c2cccc3c2OCCO3)cc(=O)[nH]1. The molecule has 136 valence electrons. The van der Waals surface area contributed by atoms with Crippen LogP contribution in [0, 0.1) is 6.92 Å². The number of para-hydroxylation sites is 1. The van der Waals surface area contributed by atoms with Crippen molar-refractivity contribution in [1.29, 1.82) is 0 Å². The van der Waals surface area contributed by atoms with E-state index in [1.165, 1.54) is 6.07 Å². The predicted molar refractivity (Wildman–Crippen MR) is 91.6 cm³/mol. The third kappa shape index (κ3) is 3.03. The molecule has 0 spiro atoms. The standard InChI is InChI=1S/C18H19N3O5/c1-11-19-13(9-16(22)20-11)14-10-24-6-5-21(14)18(23)12-3-2-4-15-17(12)26-8-7-25-15/h2-4,9,14H,5-8,10H2,1H3,(H,19,20,22)/t14-/m1/s1. The number of rotatable bonds is 2. The smallest absolute Gasteiger partial charge is 0.258 e. The summed E-state index contributed by atoms with van der Waals surface area (Å²) in [6.45, 7) is 3.69. The van der Waals surface area contributed by atoms with E-state index in [-0.39, 0.29) is 18.1 Å². The highest BCUT2D eigenvalue weighted by Crippen LogP contribution is 2.35. The third-order valence-electron chi connectivity index (χ3n) is 4.41. The first-order chi connectivity index (χ1) is 12.6. The Hall–Kier alpha value is -2.87. The fourth-order valence-electron chi connectivity index (χ4n) is 3.26. The zero-order chi connectivity index (χ0) is 18.1. The molecule has 0 unspecified atom stereocenters. The summed E-state index contributed by atoms with van der Waals surface area (Å²) in [4.78, 5) is 33.7. The average molecular weight is 357 g/mol. The van der Waals surface area contributed by atoms with Gasteiger partial charge in [-0.2, -0.15) is 0 Å². The number of morpholine rings is 1. The molecule has 1 aromatic heterocycles. The number of nitrogens with zero attached hydrogens (tertiary/aromatic N) is 2. The second kappa shape index (κ2) is 6.80. The van der Waals surface area contributed by atoms with Gasteiger partial charge in [0.25, 0.3) is 11.5 Å². The molecule has 4 rings (SSSR count). The van der Waals surface area contributed by atoms with Crippen LogP contribution in [0.3, 0.4) is 0 Å². The van der Waals surface area contributed by atoms with E-state index in [0.717, 1.165) is 0 Å². The number of aromatic nitrogens is 2. The summed E-state index contributed by atoms with van der Waals surface area (Å²) in [5.74, 6) is 1.33. The molecular weight excluding hydrogens is 338 g/mol. The van der Waals surface area contributed by atoms with E-state index >= 15 is 0 Å². The highest BCUT2D eigenvalue weighted by atomic mass is 16.6. The average Bonchev–Trinajstić information content (AvgIpc) is 2.66. The number of carbonyl (C=O) groups is 1. The predicted octanol–water partition coefficient (Wildman–Crippen LogP) is 1.06. The molecule has 1 aromatic carbocycles. The quantitative estimate of drug-likeness (QED) is 0.864. The largest absolute Gasteiger partial charge is 0.486 e. The first kappa shape index (κ1) is 16.6. The van der Waals surface area contributed by atoms with Crippen molar-refractivity contribution >= 4 is 5.91 Å². The van der Waals surface area contributed by atoms with E-state index in [0.29, 0.717) is 54.9 Å². The number of H-pyrrole nitrogens is 1. The minimum absolute atomic E-state index is 0.194. The van der Waals surface area contributed by atoms with Gasteiger partial charge in [-0.3, -0.25) is 9.59 Å². The second-order valence-electron chi connectivity index (χ2n) is 6.17. The van der Waals surface area contributed by atoms with Crippen molar-refractivity contribution in [2.45, 2.75) is 13.0 Å². The Kier molecular flexibility index (Phi) is 4.34. The number of carbonyl (C=O) groups excluding carboxylic acids is 1. The monoisotopic (exact) mass is 357 g/mol. The summed E-state index contributed by atoms with van der Waals surface area (Å²) >= 11 is 0. The lowest BCUT2D eigenvalue weighted by atomic mass is 10.1. The van der Waals surface area contributed by atoms with Crippen LogP contribution in [0.5, 0.6) is 11.5 Å². The van der Waals surface area contributed by atoms with Crippen LogP contribution in [0.25, 0.3) is 0 Å². The summed E-state index contributed by atoms with van der Waals surface area (Å²) in [6.07, 6.45) is 0. The zero-order valence-corrected chi connectivity index (χ0v) is 14.4. The van der Waals surface area contributed by atoms with Gasteiger partial charge in [-0.15, -0.1) is 0 Å². The van der Waals surface area contributed by atoms with Gasteiger partial charge in [0.05, 0.1) is 30.5 Å². The van der Waals surface area contributed by atoms with Gasteiger partial charge < -0.3 is 24.1 Å². The Bertz CT molecular complexity index is 895. The highest BCUT2D eigenvalue weighted by Gasteiger charge is 2.33. The van der Waals surface area contributed by atoms with Gasteiger partial charge in [0.15, 0.2) is 11.5 Å². The topological polar surface area (TPSA) is 93.8 Å². The number of hydrogen-bond donors (Lipinski definition) is 1. The molecule has 2 aliphatic heterocycles. The number of benzene rings is 1. The van der Waals surface area contributed by atoms with Crippen LogP contribution in [0.1, 0.15) is 27.9 Å². The van der Waals surface area contributed by atoms with Crippen molar-refractivity contribution in [1.82, 2.24) is 14.9 Å². The van der Waals surface area contributed by atoms with Gasteiger partial charge in [-0.05, 0) is 19.1 Å². The van der Waals surface area contributed by atoms with Crippen molar-refractivity contribution in [2.75, 3.05) is 33.0 Å². The summed E-state index contributed by atoms with van der Waals surface area (Å²) in [5, 5.41) is 0. The molecule has 1 amide bonds. The normalized spacial score (nSPS) is 19.3. The molecule has 8 heteroatoms. The lowest BCUT2D eigenvalue weighted by molar-refractivity contribution is -0.00431. The molecule has 2 aliphatic rings. The van der Waals surface area contributed by atoms with Gasteiger partial charge in [0, 0.05) is 12.6 Å². The van der Waals surface area contributed by atoms with Gasteiger partial charge in [0.2, 0.25) is 0 Å². The van der Waals surface area contributed by atoms with Crippen molar-refractivity contribution in [3.63, 3.8) is 0 Å². The summed E-state index contributed by atoms with van der Waals surface area (Å²) in [7, 11) is 0. The van der Waals surface area contributed by atoms with Crippen molar-refractivity contribution in [3.05, 3.63) is 51.7 Å². The maximum Gasteiger partial charge on any atom is 0.258 e. The fourth-order valence-corrected chi connectivity index (χ4v) is 3.26. The van der Waals surface area contributed by atoms with Gasteiger partial charge in [-0.25, -0.2) is 4.98 Å². The molecule has 3 heterocycles. The van der Waals surface area contributed by atoms with E-state index in [2.05, 4.69) is 9.97 Å². The van der Waals surface area contributed by atoms with E-state index in [9.17, 15) is 9.59 Å². The maximum atomic E-state index is 13.2. The van der Waals surface area contributed by atoms with E-state index < -0.39 is 6.04 Å². The summed E-state index contributed by atoms with van der Waals surface area (Å²) in [6, 6.07) is 6.25. The molecule has 1 atom stereocenters. The number of nitrogens with one attached hydrogen (secondary N) is 1. The lowest BCUT2D eigenvalue weighted by Gasteiger charge is -2.35.